The molecule has 2 amide bonds. The van der Waals surface area contributed by atoms with E-state index in [1.54, 1.807) is 19.9 Å². The molecule has 0 radical (unpaired) electrons. The highest BCUT2D eigenvalue weighted by Gasteiger charge is 2.19. The number of nitrogens with one attached hydrogen (secondary N) is 1. The lowest BCUT2D eigenvalue weighted by Gasteiger charge is -2.20. The number of aryl methyl sites for hydroxylation is 1. The molecule has 2 aromatic rings. The summed E-state index contributed by atoms with van der Waals surface area (Å²) in [6.45, 7) is 3.74. The number of hydrogen-bond donors (Lipinski definition) is 1. The summed E-state index contributed by atoms with van der Waals surface area (Å²) in [5.41, 5.74) is 0.525. The summed E-state index contributed by atoms with van der Waals surface area (Å²) in [5.74, 6) is -0.671. The van der Waals surface area contributed by atoms with Crippen LogP contribution in [0.25, 0.3) is 0 Å². The molecule has 0 saturated heterocycles. The maximum atomic E-state index is 12.3. The molecule has 0 fully saturated rings. The molecule has 0 unspecified atom stereocenters. The van der Waals surface area contributed by atoms with Crippen molar-refractivity contribution < 1.29 is 19.2 Å². The topological polar surface area (TPSA) is 102 Å². The Kier molecular flexibility index (Phi) is 7.30. The zero-order chi connectivity index (χ0) is 19.8. The summed E-state index contributed by atoms with van der Waals surface area (Å²) in [6, 6.07) is 8.33. The molecule has 0 aliphatic rings. The van der Waals surface area contributed by atoms with E-state index >= 15 is 0 Å². The number of carbonyl (C=O) groups excluding carboxylic acids is 2. The van der Waals surface area contributed by atoms with Gasteiger partial charge in [0.2, 0.25) is 5.91 Å². The van der Waals surface area contributed by atoms with Gasteiger partial charge in [-0.15, -0.1) is 11.3 Å². The normalized spacial score (nSPS) is 10.3. The number of nitrogens with zero attached hydrogens (tertiary/aromatic N) is 2. The highest BCUT2D eigenvalue weighted by molar-refractivity contribution is 7.09. The fraction of sp³-hybridized carbons (Fsp3) is 0.333. The van der Waals surface area contributed by atoms with Crippen LogP contribution in [0.1, 0.15) is 17.4 Å². The Labute approximate surface area is 160 Å². The lowest BCUT2D eigenvalue weighted by atomic mass is 10.2. The molecule has 0 bridgehead atoms. The molecule has 144 valence electrons. The zero-order valence-corrected chi connectivity index (χ0v) is 16.0. The first-order valence-electron chi connectivity index (χ1n) is 8.35. The van der Waals surface area contributed by atoms with Crippen LogP contribution in [0.3, 0.4) is 0 Å². The third-order valence-electron chi connectivity index (χ3n) is 3.77. The van der Waals surface area contributed by atoms with E-state index in [0.717, 1.165) is 10.4 Å². The molecule has 0 saturated carbocycles. The number of rotatable bonds is 9. The number of amides is 2. The smallest absolute Gasteiger partial charge is 0.311 e. The van der Waals surface area contributed by atoms with Gasteiger partial charge in [-0.3, -0.25) is 19.7 Å². The van der Waals surface area contributed by atoms with Gasteiger partial charge in [-0.2, -0.15) is 0 Å². The molecule has 1 heterocycles. The van der Waals surface area contributed by atoms with E-state index in [1.165, 1.54) is 28.4 Å². The van der Waals surface area contributed by atoms with Crippen molar-refractivity contribution in [2.75, 3.05) is 19.7 Å². The second-order valence-electron chi connectivity index (χ2n) is 5.78. The minimum Gasteiger partial charge on any atom is -0.477 e. The van der Waals surface area contributed by atoms with Crippen molar-refractivity contribution in [3.05, 3.63) is 56.3 Å². The number of nitro benzene ring substituents is 1. The Morgan fingerprint density at radius 3 is 2.74 bits per heavy atom. The van der Waals surface area contributed by atoms with E-state index in [-0.39, 0.29) is 30.5 Å². The summed E-state index contributed by atoms with van der Waals surface area (Å²) < 4.78 is 5.34. The van der Waals surface area contributed by atoms with E-state index < -0.39 is 10.8 Å². The molecule has 0 spiro atoms. The highest BCUT2D eigenvalue weighted by Crippen LogP contribution is 2.27. The number of ether oxygens (including phenoxy) is 1. The molecule has 8 nitrogen and oxygen atoms in total. The predicted molar refractivity (Wildman–Crippen MR) is 102 cm³/mol. The van der Waals surface area contributed by atoms with Gasteiger partial charge in [0.25, 0.3) is 5.91 Å². The van der Waals surface area contributed by atoms with Crippen LogP contribution < -0.4 is 10.1 Å². The van der Waals surface area contributed by atoms with Crippen LogP contribution in [0.5, 0.6) is 5.75 Å². The van der Waals surface area contributed by atoms with Gasteiger partial charge in [0, 0.05) is 17.5 Å². The second kappa shape index (κ2) is 9.67. The quantitative estimate of drug-likeness (QED) is 0.523. The maximum absolute atomic E-state index is 12.3. The maximum Gasteiger partial charge on any atom is 0.311 e. The van der Waals surface area contributed by atoms with Gasteiger partial charge < -0.3 is 15.0 Å². The summed E-state index contributed by atoms with van der Waals surface area (Å²) in [5, 5.41) is 15.8. The Balaban J connectivity index is 1.89. The van der Waals surface area contributed by atoms with Crippen LogP contribution >= 0.6 is 11.3 Å². The van der Waals surface area contributed by atoms with Crippen molar-refractivity contribution in [1.82, 2.24) is 10.2 Å². The fourth-order valence-electron chi connectivity index (χ4n) is 2.33. The van der Waals surface area contributed by atoms with Crippen LogP contribution in [-0.2, 0) is 16.1 Å². The Morgan fingerprint density at radius 2 is 2.11 bits per heavy atom. The number of benzene rings is 1. The number of likely N-dealkylation sites (N-methyl/N-ethyl adjacent to an activating group) is 1. The van der Waals surface area contributed by atoms with Gasteiger partial charge in [0.15, 0.2) is 12.4 Å². The molecule has 0 aliphatic heterocycles. The average molecular weight is 391 g/mol. The van der Waals surface area contributed by atoms with Gasteiger partial charge in [0.1, 0.15) is 0 Å². The second-order valence-corrected chi connectivity index (χ2v) is 6.81. The first-order chi connectivity index (χ1) is 12.9. The zero-order valence-electron chi connectivity index (χ0n) is 15.1. The molecule has 0 atom stereocenters. The lowest BCUT2D eigenvalue weighted by Crippen LogP contribution is -2.42. The van der Waals surface area contributed by atoms with Gasteiger partial charge in [-0.05, 0) is 36.9 Å². The van der Waals surface area contributed by atoms with Crippen LogP contribution in [0.15, 0.2) is 35.7 Å². The molecule has 1 aromatic heterocycles. The van der Waals surface area contributed by atoms with Crippen molar-refractivity contribution in [2.24, 2.45) is 0 Å². The Bertz CT molecular complexity index is 807. The van der Waals surface area contributed by atoms with E-state index in [2.05, 4.69) is 5.32 Å². The van der Waals surface area contributed by atoms with Gasteiger partial charge in [-0.25, -0.2) is 0 Å². The van der Waals surface area contributed by atoms with Crippen LogP contribution in [0.4, 0.5) is 5.69 Å². The summed E-state index contributed by atoms with van der Waals surface area (Å²) >= 11 is 1.54. The Hall–Kier alpha value is -2.94. The SMILES string of the molecule is CCN(CC(=O)NCc1cccs1)C(=O)COc1ccc(C)cc1[N+](=O)[O-]. The third kappa shape index (κ3) is 6.07. The van der Waals surface area contributed by atoms with Crippen LogP contribution in [0, 0.1) is 17.0 Å². The largest absolute Gasteiger partial charge is 0.477 e. The molecule has 1 aromatic carbocycles. The first kappa shape index (κ1) is 20.4. The van der Waals surface area contributed by atoms with E-state index in [1.807, 2.05) is 17.5 Å². The van der Waals surface area contributed by atoms with Gasteiger partial charge in [0.05, 0.1) is 18.0 Å². The molecule has 2 rings (SSSR count). The molecule has 27 heavy (non-hydrogen) atoms. The summed E-state index contributed by atoms with van der Waals surface area (Å²) in [6.07, 6.45) is 0. The van der Waals surface area contributed by atoms with Crippen molar-refractivity contribution in [3.8, 4) is 5.75 Å². The lowest BCUT2D eigenvalue weighted by molar-refractivity contribution is -0.385. The molecular weight excluding hydrogens is 370 g/mol. The standard InChI is InChI=1S/C18H21N3O5S/c1-3-20(11-17(22)19-10-14-5-4-8-27-14)18(23)12-26-16-7-6-13(2)9-15(16)21(24)25/h4-9H,3,10-12H2,1-2H3,(H,19,22). The van der Waals surface area contributed by atoms with Crippen molar-refractivity contribution in [3.63, 3.8) is 0 Å². The van der Waals surface area contributed by atoms with Gasteiger partial charge >= 0.3 is 5.69 Å². The van der Waals surface area contributed by atoms with E-state index in [0.29, 0.717) is 13.1 Å². The van der Waals surface area contributed by atoms with E-state index in [4.69, 9.17) is 4.74 Å². The minimum atomic E-state index is -0.553. The highest BCUT2D eigenvalue weighted by atomic mass is 32.1. The fourth-order valence-corrected chi connectivity index (χ4v) is 2.97. The third-order valence-corrected chi connectivity index (χ3v) is 4.65. The Morgan fingerprint density at radius 1 is 1.33 bits per heavy atom. The predicted octanol–water partition coefficient (Wildman–Crippen LogP) is 2.51. The number of carbonyl (C=O) groups is 2. The van der Waals surface area contributed by atoms with Crippen molar-refractivity contribution in [1.29, 1.82) is 0 Å². The summed E-state index contributed by atoms with van der Waals surface area (Å²) in [4.78, 5) is 37.3. The molecule has 9 heteroatoms. The monoisotopic (exact) mass is 391 g/mol. The average Bonchev–Trinajstić information content (AvgIpc) is 3.16. The van der Waals surface area contributed by atoms with E-state index in [9.17, 15) is 19.7 Å². The van der Waals surface area contributed by atoms with Crippen LogP contribution in [0.2, 0.25) is 0 Å². The first-order valence-corrected chi connectivity index (χ1v) is 9.23. The number of thiophene rings is 1. The van der Waals surface area contributed by atoms with Crippen molar-refractivity contribution >= 4 is 28.8 Å². The van der Waals surface area contributed by atoms with Crippen LogP contribution in [-0.4, -0.2) is 41.3 Å². The molecular formula is C18H21N3O5S. The molecule has 0 aliphatic carbocycles. The number of hydrogen-bond acceptors (Lipinski definition) is 6. The molecule has 1 N–H and O–H groups in total. The number of nitro groups is 1. The van der Waals surface area contributed by atoms with Crippen molar-refractivity contribution in [2.45, 2.75) is 20.4 Å². The van der Waals surface area contributed by atoms with Gasteiger partial charge in [-0.1, -0.05) is 12.1 Å². The summed E-state index contributed by atoms with van der Waals surface area (Å²) in [7, 11) is 0. The minimum absolute atomic E-state index is 0.0251.